The van der Waals surface area contributed by atoms with Crippen molar-refractivity contribution in [2.75, 3.05) is 26.2 Å². The molecule has 4 bridgehead atoms. The van der Waals surface area contributed by atoms with Gasteiger partial charge in [0.05, 0.1) is 25.3 Å². The predicted molar refractivity (Wildman–Crippen MR) is 164 cm³/mol. The minimum absolute atomic E-state index is 0.00742. The van der Waals surface area contributed by atoms with E-state index >= 15 is 0 Å². The molecule has 3 aliphatic heterocycles. The molecule has 1 aromatic rings. The molecule has 0 unspecified atom stereocenters. The van der Waals surface area contributed by atoms with Gasteiger partial charge in [0.25, 0.3) is 0 Å². The van der Waals surface area contributed by atoms with Crippen LogP contribution >= 0.6 is 11.6 Å². The van der Waals surface area contributed by atoms with Gasteiger partial charge in [-0.1, -0.05) is 49.2 Å². The van der Waals surface area contributed by atoms with E-state index in [4.69, 9.17) is 35.3 Å². The fourth-order valence-corrected chi connectivity index (χ4v) is 6.34. The van der Waals surface area contributed by atoms with E-state index in [1.165, 1.54) is 19.1 Å². The largest absolute Gasteiger partial charge is 0.495 e. The first-order valence-electron chi connectivity index (χ1n) is 14.8. The maximum atomic E-state index is 13.8. The number of methoxy groups -OCH3 is 2. The van der Waals surface area contributed by atoms with E-state index in [0.717, 1.165) is 11.1 Å². The molecule has 2 saturated heterocycles. The second-order valence-electron chi connectivity index (χ2n) is 12.0. The molecule has 7 atom stereocenters. The van der Waals surface area contributed by atoms with Crippen molar-refractivity contribution >= 4 is 35.3 Å². The molecule has 242 valence electrons. The van der Waals surface area contributed by atoms with Crippen LogP contribution in [0.4, 0.5) is 10.5 Å². The normalized spacial score (nSPS) is 33.8. The zero-order valence-corrected chi connectivity index (χ0v) is 27.1. The predicted octanol–water partition coefficient (Wildman–Crippen LogP) is 4.47. The van der Waals surface area contributed by atoms with E-state index in [0.29, 0.717) is 24.3 Å². The summed E-state index contributed by atoms with van der Waals surface area (Å²) >= 11 is 6.68. The number of aliphatic hydroxyl groups is 1. The van der Waals surface area contributed by atoms with Crippen molar-refractivity contribution in [3.8, 4) is 5.75 Å². The van der Waals surface area contributed by atoms with Crippen molar-refractivity contribution < 1.29 is 43.2 Å². The minimum Gasteiger partial charge on any atom is -0.495 e. The number of carbonyl (C=O) groups is 3. The highest BCUT2D eigenvalue weighted by Gasteiger charge is 2.64. The average molecular weight is 635 g/mol. The molecule has 3 aliphatic rings. The van der Waals surface area contributed by atoms with Gasteiger partial charge >= 0.3 is 12.1 Å². The number of anilines is 1. The molecular weight excluding hydrogens is 592 g/mol. The van der Waals surface area contributed by atoms with Crippen LogP contribution in [0.25, 0.3) is 0 Å². The van der Waals surface area contributed by atoms with Crippen molar-refractivity contribution in [1.29, 1.82) is 0 Å². The van der Waals surface area contributed by atoms with E-state index < -0.39 is 53.7 Å². The Bertz CT molecular complexity index is 1330. The Hall–Kier alpha value is -3.12. The number of allylic oxidation sites excluding steroid dienone is 3. The first-order valence-corrected chi connectivity index (χ1v) is 15.2. The molecule has 4 rings (SSSR count). The summed E-state index contributed by atoms with van der Waals surface area (Å²) in [4.78, 5) is 40.6. The Kier molecular flexibility index (Phi) is 10.3. The summed E-state index contributed by atoms with van der Waals surface area (Å²) in [6.45, 7) is 7.41. The number of alkyl carbamates (subject to hydrolysis) is 1. The Morgan fingerprint density at radius 1 is 1.27 bits per heavy atom. The van der Waals surface area contributed by atoms with Gasteiger partial charge in [-0.05, 0) is 44.4 Å². The zero-order valence-electron chi connectivity index (χ0n) is 26.3. The SMILES string of the molecule is CCCC(=O)O[C@H]1CC(=O)N(C)c2cc(cc(OC)c2Cl)C/C(C)=C\C=C[C@@H](OC)[C@@]2(O)C[C@H](OC(=O)N2)[C@@H](C)[C@H]2O[C@@]12C. The van der Waals surface area contributed by atoms with E-state index in [9.17, 15) is 19.5 Å². The minimum atomic E-state index is -1.76. The molecule has 12 heteroatoms. The summed E-state index contributed by atoms with van der Waals surface area (Å²) in [6, 6.07) is 3.64. The molecule has 2 amide bonds. The van der Waals surface area contributed by atoms with Gasteiger partial charge < -0.3 is 33.7 Å². The van der Waals surface area contributed by atoms with Crippen LogP contribution < -0.4 is 15.0 Å². The molecule has 0 radical (unpaired) electrons. The number of amides is 2. The molecule has 44 heavy (non-hydrogen) atoms. The lowest BCUT2D eigenvalue weighted by Gasteiger charge is -2.42. The first kappa shape index (κ1) is 33.8. The molecule has 3 heterocycles. The fourth-order valence-electron chi connectivity index (χ4n) is 6.03. The number of rotatable bonds is 5. The number of benzene rings is 1. The topological polar surface area (TPSA) is 136 Å². The van der Waals surface area contributed by atoms with Crippen LogP contribution in [0.2, 0.25) is 5.02 Å². The summed E-state index contributed by atoms with van der Waals surface area (Å²) < 4.78 is 28.8. The average Bonchev–Trinajstić information content (AvgIpc) is 3.66. The molecule has 11 nitrogen and oxygen atoms in total. The zero-order chi connectivity index (χ0) is 32.4. The summed E-state index contributed by atoms with van der Waals surface area (Å²) in [6.07, 6.45) is 2.47. The van der Waals surface area contributed by atoms with Crippen LogP contribution in [0.5, 0.6) is 5.75 Å². The molecule has 0 aliphatic carbocycles. The van der Waals surface area contributed by atoms with Gasteiger partial charge in [0.1, 0.15) is 34.7 Å². The third-order valence-corrected chi connectivity index (χ3v) is 9.06. The van der Waals surface area contributed by atoms with Crippen LogP contribution in [0.1, 0.15) is 58.9 Å². The van der Waals surface area contributed by atoms with Crippen molar-refractivity contribution in [2.45, 2.75) is 95.5 Å². The lowest BCUT2D eigenvalue weighted by atomic mass is 9.83. The maximum Gasteiger partial charge on any atom is 0.409 e. The highest BCUT2D eigenvalue weighted by atomic mass is 35.5. The fraction of sp³-hybridized carbons (Fsp3) is 0.594. The molecular formula is C32H43ClN2O9. The highest BCUT2D eigenvalue weighted by molar-refractivity contribution is 6.35. The molecule has 2 N–H and O–H groups in total. The van der Waals surface area contributed by atoms with Crippen molar-refractivity contribution in [3.63, 3.8) is 0 Å². The number of carbonyl (C=O) groups excluding carboxylic acids is 3. The van der Waals surface area contributed by atoms with E-state index in [-0.39, 0.29) is 30.2 Å². The van der Waals surface area contributed by atoms with Gasteiger partial charge in [0.15, 0.2) is 5.72 Å². The molecule has 1 aromatic carbocycles. The highest BCUT2D eigenvalue weighted by Crippen LogP contribution is 2.49. The number of hydrogen-bond acceptors (Lipinski definition) is 9. The lowest BCUT2D eigenvalue weighted by Crippen LogP contribution is -2.63. The van der Waals surface area contributed by atoms with Gasteiger partial charge in [-0.3, -0.25) is 14.9 Å². The van der Waals surface area contributed by atoms with Gasteiger partial charge in [-0.15, -0.1) is 0 Å². The van der Waals surface area contributed by atoms with Crippen LogP contribution in [0.3, 0.4) is 0 Å². The number of halogens is 1. The number of ether oxygens (including phenoxy) is 5. The second-order valence-corrected chi connectivity index (χ2v) is 12.4. The van der Waals surface area contributed by atoms with Crippen LogP contribution in [-0.2, 0) is 35.0 Å². The Labute approximate surface area is 263 Å². The number of fused-ring (bicyclic) bond motifs is 5. The monoisotopic (exact) mass is 634 g/mol. The smallest absolute Gasteiger partial charge is 0.409 e. The number of epoxide rings is 1. The quantitative estimate of drug-likeness (QED) is 0.355. The van der Waals surface area contributed by atoms with Crippen molar-refractivity contribution in [3.05, 3.63) is 46.5 Å². The molecule has 2 fully saturated rings. The van der Waals surface area contributed by atoms with Gasteiger partial charge in [0, 0.05) is 32.9 Å². The van der Waals surface area contributed by atoms with Crippen LogP contribution in [-0.4, -0.2) is 80.1 Å². The Balaban J connectivity index is 1.79. The summed E-state index contributed by atoms with van der Waals surface area (Å²) in [5.74, 6) is -0.813. The van der Waals surface area contributed by atoms with Gasteiger partial charge in [-0.2, -0.15) is 0 Å². The number of nitrogens with zero attached hydrogens (tertiary/aromatic N) is 1. The Morgan fingerprint density at radius 2 is 2.00 bits per heavy atom. The summed E-state index contributed by atoms with van der Waals surface area (Å²) in [7, 11) is 4.57. The summed E-state index contributed by atoms with van der Waals surface area (Å²) in [5.41, 5.74) is -0.561. The first-order chi connectivity index (χ1) is 20.8. The number of esters is 1. The molecule has 0 aromatic heterocycles. The maximum absolute atomic E-state index is 13.8. The van der Waals surface area contributed by atoms with E-state index in [1.54, 1.807) is 26.1 Å². The third-order valence-electron chi connectivity index (χ3n) is 8.68. The van der Waals surface area contributed by atoms with E-state index in [1.807, 2.05) is 39.0 Å². The number of nitrogens with one attached hydrogen (secondary N) is 1. The van der Waals surface area contributed by atoms with Gasteiger partial charge in [-0.25, -0.2) is 4.79 Å². The lowest BCUT2D eigenvalue weighted by molar-refractivity contribution is -0.153. The van der Waals surface area contributed by atoms with Crippen molar-refractivity contribution in [2.24, 2.45) is 5.92 Å². The van der Waals surface area contributed by atoms with Crippen LogP contribution in [0, 0.1) is 5.92 Å². The van der Waals surface area contributed by atoms with Crippen molar-refractivity contribution in [1.82, 2.24) is 5.32 Å². The molecule has 0 spiro atoms. The standard InChI is InChI=1S/C32H43ClN2O9/c1-8-10-27(37)43-25-16-26(36)35(5)21-14-20(15-22(40-6)28(21)33)13-18(2)11-9-12-24(41-7)32(39)17-23(42-30(38)34-32)19(3)29-31(25,4)44-29/h9,11-12,14-15,19,23-25,29,39H,8,10,13,16-17H2,1-7H3,(H,34,38)/b12-9?,18-11-/t19-,23+,24-,25+,29-,31+,32+/m1/s1. The number of hydrogen-bond donors (Lipinski definition) is 2. The van der Waals surface area contributed by atoms with Crippen LogP contribution in [0.15, 0.2) is 35.9 Å². The van der Waals surface area contributed by atoms with Gasteiger partial charge in [0.2, 0.25) is 5.91 Å². The second kappa shape index (κ2) is 13.5. The summed E-state index contributed by atoms with van der Waals surface area (Å²) in [5, 5.41) is 14.4. The molecule has 0 saturated carbocycles. The Morgan fingerprint density at radius 3 is 2.66 bits per heavy atom. The van der Waals surface area contributed by atoms with E-state index in [2.05, 4.69) is 5.32 Å². The third kappa shape index (κ3) is 7.06.